The summed E-state index contributed by atoms with van der Waals surface area (Å²) >= 11 is 0. The third-order valence-electron chi connectivity index (χ3n) is 3.53. The third-order valence-corrected chi connectivity index (χ3v) is 3.53. The van der Waals surface area contributed by atoms with Gasteiger partial charge in [-0.05, 0) is 50.6 Å². The predicted octanol–water partition coefficient (Wildman–Crippen LogP) is 3.84. The summed E-state index contributed by atoms with van der Waals surface area (Å²) in [4.78, 5) is 26.7. The molecule has 0 fully saturated rings. The highest BCUT2D eigenvalue weighted by Gasteiger charge is 2.22. The standard InChI is InChI=1S/C19H21NO3/c1-4-20(15-10-8-9-14(3)13-15)18(21)16-11-6-7-12-17(16)19(22)23-5-2/h6-13H,4-5H2,1-3H3. The zero-order valence-corrected chi connectivity index (χ0v) is 13.7. The highest BCUT2D eigenvalue weighted by atomic mass is 16.5. The Morgan fingerprint density at radius 1 is 1.00 bits per heavy atom. The van der Waals surface area contributed by atoms with Crippen molar-refractivity contribution < 1.29 is 14.3 Å². The van der Waals surface area contributed by atoms with Gasteiger partial charge < -0.3 is 9.64 Å². The molecule has 23 heavy (non-hydrogen) atoms. The van der Waals surface area contributed by atoms with Crippen LogP contribution in [0.3, 0.4) is 0 Å². The maximum absolute atomic E-state index is 12.9. The molecule has 0 aromatic heterocycles. The Morgan fingerprint density at radius 3 is 2.30 bits per heavy atom. The number of carbonyl (C=O) groups is 2. The lowest BCUT2D eigenvalue weighted by Gasteiger charge is -2.22. The lowest BCUT2D eigenvalue weighted by atomic mass is 10.1. The molecule has 0 bridgehead atoms. The van der Waals surface area contributed by atoms with Crippen LogP contribution in [0.2, 0.25) is 0 Å². The van der Waals surface area contributed by atoms with Crippen LogP contribution in [0.1, 0.15) is 40.1 Å². The average molecular weight is 311 g/mol. The number of benzene rings is 2. The number of carbonyl (C=O) groups excluding carboxylic acids is 2. The van der Waals surface area contributed by atoms with Crippen LogP contribution in [0.15, 0.2) is 48.5 Å². The SMILES string of the molecule is CCOC(=O)c1ccccc1C(=O)N(CC)c1cccc(C)c1. The van der Waals surface area contributed by atoms with E-state index in [0.29, 0.717) is 17.7 Å². The minimum Gasteiger partial charge on any atom is -0.462 e. The minimum absolute atomic E-state index is 0.207. The number of esters is 1. The van der Waals surface area contributed by atoms with Crippen molar-refractivity contribution in [1.29, 1.82) is 0 Å². The first-order chi connectivity index (χ1) is 11.1. The molecule has 0 aliphatic rings. The summed E-state index contributed by atoms with van der Waals surface area (Å²) in [6.07, 6.45) is 0. The maximum atomic E-state index is 12.9. The molecular weight excluding hydrogens is 290 g/mol. The molecule has 2 aromatic rings. The van der Waals surface area contributed by atoms with Crippen molar-refractivity contribution in [3.8, 4) is 0 Å². The monoisotopic (exact) mass is 311 g/mol. The molecule has 0 spiro atoms. The molecule has 4 heteroatoms. The van der Waals surface area contributed by atoms with Gasteiger partial charge >= 0.3 is 5.97 Å². The van der Waals surface area contributed by atoms with Crippen molar-refractivity contribution in [2.75, 3.05) is 18.1 Å². The number of amides is 1. The fraction of sp³-hybridized carbons (Fsp3) is 0.263. The van der Waals surface area contributed by atoms with E-state index in [1.54, 1.807) is 36.1 Å². The molecule has 0 aliphatic heterocycles. The van der Waals surface area contributed by atoms with E-state index in [4.69, 9.17) is 4.74 Å². The summed E-state index contributed by atoms with van der Waals surface area (Å²) in [5.74, 6) is -0.682. The molecular formula is C19H21NO3. The van der Waals surface area contributed by atoms with Crippen molar-refractivity contribution in [1.82, 2.24) is 0 Å². The van der Waals surface area contributed by atoms with Gasteiger partial charge in [0.2, 0.25) is 0 Å². The van der Waals surface area contributed by atoms with Crippen molar-refractivity contribution >= 4 is 17.6 Å². The van der Waals surface area contributed by atoms with Gasteiger partial charge in [0.05, 0.1) is 17.7 Å². The van der Waals surface area contributed by atoms with Crippen molar-refractivity contribution in [2.24, 2.45) is 0 Å². The maximum Gasteiger partial charge on any atom is 0.338 e. The Kier molecular flexibility index (Phi) is 5.52. The zero-order valence-electron chi connectivity index (χ0n) is 13.7. The van der Waals surface area contributed by atoms with Gasteiger partial charge in [0.1, 0.15) is 0 Å². The second-order valence-corrected chi connectivity index (χ2v) is 5.15. The molecule has 0 aliphatic carbocycles. The Labute approximate surface area is 136 Å². The van der Waals surface area contributed by atoms with E-state index in [2.05, 4.69) is 0 Å². The first-order valence-corrected chi connectivity index (χ1v) is 7.73. The number of nitrogens with zero attached hydrogens (tertiary/aromatic N) is 1. The van der Waals surface area contributed by atoms with Crippen LogP contribution in [0.5, 0.6) is 0 Å². The predicted molar refractivity (Wildman–Crippen MR) is 90.9 cm³/mol. The molecule has 0 radical (unpaired) electrons. The van der Waals surface area contributed by atoms with Gasteiger partial charge in [0.15, 0.2) is 0 Å². The van der Waals surface area contributed by atoms with Crippen molar-refractivity contribution in [3.63, 3.8) is 0 Å². The van der Waals surface area contributed by atoms with Gasteiger partial charge in [-0.1, -0.05) is 24.3 Å². The number of aryl methyl sites for hydroxylation is 1. The number of rotatable bonds is 5. The van der Waals surface area contributed by atoms with Crippen LogP contribution < -0.4 is 4.90 Å². The zero-order chi connectivity index (χ0) is 16.8. The molecule has 0 saturated heterocycles. The molecule has 0 saturated carbocycles. The van der Waals surface area contributed by atoms with E-state index >= 15 is 0 Å². The van der Waals surface area contributed by atoms with E-state index < -0.39 is 5.97 Å². The minimum atomic E-state index is -0.475. The lowest BCUT2D eigenvalue weighted by molar-refractivity contribution is 0.0523. The van der Waals surface area contributed by atoms with Crippen molar-refractivity contribution in [3.05, 3.63) is 65.2 Å². The van der Waals surface area contributed by atoms with Crippen LogP contribution in [-0.2, 0) is 4.74 Å². The second-order valence-electron chi connectivity index (χ2n) is 5.15. The molecule has 2 aromatic carbocycles. The number of hydrogen-bond donors (Lipinski definition) is 0. The summed E-state index contributed by atoms with van der Waals surface area (Å²) < 4.78 is 5.05. The van der Waals surface area contributed by atoms with Crippen LogP contribution in [0.25, 0.3) is 0 Å². The molecule has 0 atom stereocenters. The normalized spacial score (nSPS) is 10.2. The molecule has 4 nitrogen and oxygen atoms in total. The lowest BCUT2D eigenvalue weighted by Crippen LogP contribution is -2.32. The molecule has 0 unspecified atom stereocenters. The van der Waals surface area contributed by atoms with E-state index in [0.717, 1.165) is 11.3 Å². The van der Waals surface area contributed by atoms with Crippen LogP contribution in [0, 0.1) is 6.92 Å². The summed E-state index contributed by atoms with van der Waals surface area (Å²) in [5, 5.41) is 0. The number of ether oxygens (including phenoxy) is 1. The molecule has 0 heterocycles. The summed E-state index contributed by atoms with van der Waals surface area (Å²) in [6.45, 7) is 6.42. The number of anilines is 1. The van der Waals surface area contributed by atoms with Gasteiger partial charge in [-0.25, -0.2) is 4.79 Å². The summed E-state index contributed by atoms with van der Waals surface area (Å²) in [5.41, 5.74) is 2.54. The van der Waals surface area contributed by atoms with Gasteiger partial charge in [-0.2, -0.15) is 0 Å². The quantitative estimate of drug-likeness (QED) is 0.788. The van der Waals surface area contributed by atoms with Crippen molar-refractivity contribution in [2.45, 2.75) is 20.8 Å². The molecule has 2 rings (SSSR count). The fourth-order valence-electron chi connectivity index (χ4n) is 2.44. The second kappa shape index (κ2) is 7.58. The largest absolute Gasteiger partial charge is 0.462 e. The number of hydrogen-bond acceptors (Lipinski definition) is 3. The fourth-order valence-corrected chi connectivity index (χ4v) is 2.44. The first kappa shape index (κ1) is 16.7. The van der Waals surface area contributed by atoms with Gasteiger partial charge in [-0.15, -0.1) is 0 Å². The highest BCUT2D eigenvalue weighted by Crippen LogP contribution is 2.20. The Morgan fingerprint density at radius 2 is 1.70 bits per heavy atom. The van der Waals surface area contributed by atoms with E-state index in [9.17, 15) is 9.59 Å². The molecule has 1 amide bonds. The van der Waals surface area contributed by atoms with Crippen LogP contribution >= 0.6 is 0 Å². The Bertz CT molecular complexity index is 709. The smallest absolute Gasteiger partial charge is 0.338 e. The van der Waals surface area contributed by atoms with Gasteiger partial charge in [0.25, 0.3) is 5.91 Å². The highest BCUT2D eigenvalue weighted by molar-refractivity contribution is 6.12. The van der Waals surface area contributed by atoms with E-state index in [1.165, 1.54) is 0 Å². The topological polar surface area (TPSA) is 46.6 Å². The Hall–Kier alpha value is -2.62. The van der Waals surface area contributed by atoms with Crippen LogP contribution in [-0.4, -0.2) is 25.0 Å². The third kappa shape index (κ3) is 3.77. The molecule has 0 N–H and O–H groups in total. The van der Waals surface area contributed by atoms with E-state index in [1.807, 2.05) is 38.1 Å². The molecule has 120 valence electrons. The summed E-state index contributed by atoms with van der Waals surface area (Å²) in [6, 6.07) is 14.5. The Balaban J connectivity index is 2.41. The van der Waals surface area contributed by atoms with Crippen LogP contribution in [0.4, 0.5) is 5.69 Å². The summed E-state index contributed by atoms with van der Waals surface area (Å²) in [7, 11) is 0. The first-order valence-electron chi connectivity index (χ1n) is 7.73. The van der Waals surface area contributed by atoms with Gasteiger partial charge in [0, 0.05) is 12.2 Å². The van der Waals surface area contributed by atoms with E-state index in [-0.39, 0.29) is 12.5 Å². The average Bonchev–Trinajstić information content (AvgIpc) is 2.56. The van der Waals surface area contributed by atoms with Gasteiger partial charge in [-0.3, -0.25) is 4.79 Å².